The fourth-order valence-electron chi connectivity index (χ4n) is 5.00. The maximum Gasteiger partial charge on any atom is 0.194 e. The van der Waals surface area contributed by atoms with Gasteiger partial charge < -0.3 is 0 Å². The van der Waals surface area contributed by atoms with Crippen molar-refractivity contribution in [3.8, 4) is 11.1 Å². The van der Waals surface area contributed by atoms with Gasteiger partial charge in [0.15, 0.2) is 29.1 Å². The minimum atomic E-state index is -1.83. The highest BCUT2D eigenvalue weighted by molar-refractivity contribution is 5.84. The monoisotopic (exact) mass is 506 g/mol. The van der Waals surface area contributed by atoms with Gasteiger partial charge in [-0.1, -0.05) is 38.0 Å². The van der Waals surface area contributed by atoms with Crippen molar-refractivity contribution in [3.05, 3.63) is 94.3 Å². The Kier molecular flexibility index (Phi) is 7.86. The third kappa shape index (κ3) is 5.35. The molecule has 0 nitrogen and oxygen atoms in total. The Morgan fingerprint density at radius 3 is 1.97 bits per heavy atom. The van der Waals surface area contributed by atoms with Gasteiger partial charge in [0.25, 0.3) is 0 Å². The van der Waals surface area contributed by atoms with Crippen molar-refractivity contribution in [3.63, 3.8) is 0 Å². The zero-order valence-electron chi connectivity index (χ0n) is 19.7. The van der Waals surface area contributed by atoms with Crippen molar-refractivity contribution in [1.82, 2.24) is 0 Å². The normalized spacial score (nSPS) is 18.8. The molecule has 0 amide bonds. The molecule has 0 aliphatic heterocycles. The zero-order chi connectivity index (χ0) is 26.0. The Labute approximate surface area is 205 Å². The molecule has 0 N–H and O–H groups in total. The molecular weight excluding hydrogens is 481 g/mol. The van der Waals surface area contributed by atoms with Crippen LogP contribution in [0.25, 0.3) is 22.8 Å². The Morgan fingerprint density at radius 2 is 1.39 bits per heavy atom. The summed E-state index contributed by atoms with van der Waals surface area (Å²) >= 11 is 0. The fraction of sp³-hybridized carbons (Fsp3) is 0.310. The highest BCUT2D eigenvalue weighted by Gasteiger charge is 2.23. The molecule has 36 heavy (non-hydrogen) atoms. The molecule has 0 aromatic heterocycles. The lowest BCUT2D eigenvalue weighted by Crippen LogP contribution is -2.13. The Bertz CT molecular complexity index is 1260. The maximum atomic E-state index is 15.0. The second-order valence-electron chi connectivity index (χ2n) is 9.32. The van der Waals surface area contributed by atoms with E-state index in [1.165, 1.54) is 18.6 Å². The molecule has 1 fully saturated rings. The van der Waals surface area contributed by atoms with Crippen LogP contribution in [0, 0.1) is 35.0 Å². The second-order valence-corrected chi connectivity index (χ2v) is 9.32. The summed E-state index contributed by atoms with van der Waals surface area (Å²) in [6.45, 7) is 2.17. The predicted molar refractivity (Wildman–Crippen MR) is 127 cm³/mol. The van der Waals surface area contributed by atoms with Gasteiger partial charge in [-0.3, -0.25) is 0 Å². The highest BCUT2D eigenvalue weighted by Crippen LogP contribution is 2.39. The van der Waals surface area contributed by atoms with E-state index in [1.807, 2.05) is 6.07 Å². The number of halogens is 7. The van der Waals surface area contributed by atoms with Crippen LogP contribution in [0.2, 0.25) is 0 Å². The first kappa shape index (κ1) is 26.0. The van der Waals surface area contributed by atoms with Gasteiger partial charge in [-0.25, -0.2) is 30.7 Å². The van der Waals surface area contributed by atoms with E-state index in [4.69, 9.17) is 0 Å². The molecule has 0 bridgehead atoms. The van der Waals surface area contributed by atoms with Crippen molar-refractivity contribution < 1.29 is 30.7 Å². The minimum Gasteiger partial charge on any atom is -0.206 e. The molecule has 3 aromatic rings. The average Bonchev–Trinajstić information content (AvgIpc) is 2.86. The molecule has 0 radical (unpaired) electrons. The summed E-state index contributed by atoms with van der Waals surface area (Å²) in [5.41, 5.74) is -0.617. The van der Waals surface area contributed by atoms with Crippen LogP contribution in [-0.4, -0.2) is 0 Å². The lowest BCUT2D eigenvalue weighted by atomic mass is 9.77. The summed E-state index contributed by atoms with van der Waals surface area (Å²) in [5, 5.41) is 0. The van der Waals surface area contributed by atoms with Crippen molar-refractivity contribution >= 4 is 11.7 Å². The molecule has 7 heteroatoms. The number of rotatable bonds is 6. The lowest BCUT2D eigenvalue weighted by Gasteiger charge is -2.28. The summed E-state index contributed by atoms with van der Waals surface area (Å²) < 4.78 is 98.7. The molecule has 0 atom stereocenters. The van der Waals surface area contributed by atoms with Crippen molar-refractivity contribution in [2.75, 3.05) is 0 Å². The molecule has 0 spiro atoms. The third-order valence-corrected chi connectivity index (χ3v) is 6.95. The summed E-state index contributed by atoms with van der Waals surface area (Å²) in [6.07, 6.45) is 6.57. The van der Waals surface area contributed by atoms with Crippen LogP contribution >= 0.6 is 0 Å². The average molecular weight is 507 g/mol. The predicted octanol–water partition coefficient (Wildman–Crippen LogP) is 9.89. The molecule has 1 aliphatic rings. The second kappa shape index (κ2) is 10.9. The van der Waals surface area contributed by atoms with E-state index in [9.17, 15) is 30.7 Å². The first-order chi connectivity index (χ1) is 17.2. The zero-order valence-corrected chi connectivity index (χ0v) is 19.7. The lowest BCUT2D eigenvalue weighted by molar-refractivity contribution is 0.308. The topological polar surface area (TPSA) is 0 Å². The Hall–Kier alpha value is -3.09. The molecule has 1 saturated carbocycles. The van der Waals surface area contributed by atoms with E-state index in [0.29, 0.717) is 0 Å². The van der Waals surface area contributed by atoms with Crippen molar-refractivity contribution in [2.45, 2.75) is 51.4 Å². The van der Waals surface area contributed by atoms with E-state index < -0.39 is 51.9 Å². The van der Waals surface area contributed by atoms with E-state index in [0.717, 1.165) is 55.7 Å². The Morgan fingerprint density at radius 1 is 0.722 bits per heavy atom. The Balaban J connectivity index is 1.57. The van der Waals surface area contributed by atoms with Crippen LogP contribution in [-0.2, 0) is 0 Å². The van der Waals surface area contributed by atoms with E-state index in [-0.39, 0.29) is 29.2 Å². The van der Waals surface area contributed by atoms with Crippen molar-refractivity contribution in [2.24, 2.45) is 5.92 Å². The standard InChI is InChI=1S/C29H25F7/c1-2-3-16-4-6-17(7-5-16)18-8-10-21(23(30)12-18)19-9-11-22(24(31)13-19)28(35)27(34)20-14-25(32)29(36)26(33)15-20/h8-17H,2-7H2,1H3/b28-27+. The first-order valence-electron chi connectivity index (χ1n) is 12.0. The van der Waals surface area contributed by atoms with Gasteiger partial charge in [0, 0.05) is 16.7 Å². The van der Waals surface area contributed by atoms with Crippen LogP contribution in [0.5, 0.6) is 0 Å². The molecule has 190 valence electrons. The minimum absolute atomic E-state index is 0.108. The van der Waals surface area contributed by atoms with Crippen LogP contribution in [0.3, 0.4) is 0 Å². The highest BCUT2D eigenvalue weighted by atomic mass is 19.2. The van der Waals surface area contributed by atoms with Crippen LogP contribution in [0.15, 0.2) is 48.5 Å². The van der Waals surface area contributed by atoms with Crippen LogP contribution in [0.1, 0.15) is 68.1 Å². The summed E-state index contributed by atoms with van der Waals surface area (Å²) in [6, 6.07) is 8.36. The molecule has 0 heterocycles. The number of hydrogen-bond donors (Lipinski definition) is 0. The van der Waals surface area contributed by atoms with E-state index >= 15 is 0 Å². The summed E-state index contributed by atoms with van der Waals surface area (Å²) in [7, 11) is 0. The molecule has 4 rings (SSSR count). The fourth-order valence-corrected chi connectivity index (χ4v) is 5.00. The van der Waals surface area contributed by atoms with Gasteiger partial charge in [0.05, 0.1) is 0 Å². The SMILES string of the molecule is CCCC1CCC(c2ccc(-c3ccc(/C(F)=C(\F)c4cc(F)c(F)c(F)c4)c(F)c3)c(F)c2)CC1. The quantitative estimate of drug-likeness (QED) is 0.177. The first-order valence-corrected chi connectivity index (χ1v) is 12.0. The molecule has 0 unspecified atom stereocenters. The molecular formula is C29H25F7. The van der Waals surface area contributed by atoms with E-state index in [2.05, 4.69) is 6.92 Å². The van der Waals surface area contributed by atoms with Gasteiger partial charge in [0.1, 0.15) is 11.6 Å². The summed E-state index contributed by atoms with van der Waals surface area (Å²) in [5.74, 6) is -9.49. The smallest absolute Gasteiger partial charge is 0.194 e. The third-order valence-electron chi connectivity index (χ3n) is 6.95. The summed E-state index contributed by atoms with van der Waals surface area (Å²) in [4.78, 5) is 0. The molecule has 3 aromatic carbocycles. The number of benzene rings is 3. The van der Waals surface area contributed by atoms with E-state index in [1.54, 1.807) is 6.07 Å². The molecule has 1 aliphatic carbocycles. The number of hydrogen-bond acceptors (Lipinski definition) is 0. The van der Waals surface area contributed by atoms with Gasteiger partial charge in [-0.15, -0.1) is 0 Å². The van der Waals surface area contributed by atoms with Gasteiger partial charge >= 0.3 is 0 Å². The van der Waals surface area contributed by atoms with Crippen molar-refractivity contribution in [1.29, 1.82) is 0 Å². The van der Waals surface area contributed by atoms with Crippen LogP contribution < -0.4 is 0 Å². The van der Waals surface area contributed by atoms with Crippen LogP contribution in [0.4, 0.5) is 30.7 Å². The largest absolute Gasteiger partial charge is 0.206 e. The van der Waals surface area contributed by atoms with Gasteiger partial charge in [-0.05, 0) is 79.0 Å². The molecule has 0 saturated heterocycles. The van der Waals surface area contributed by atoms with Gasteiger partial charge in [-0.2, -0.15) is 0 Å². The van der Waals surface area contributed by atoms with Gasteiger partial charge in [0.2, 0.25) is 0 Å². The maximum absolute atomic E-state index is 15.0.